The van der Waals surface area contributed by atoms with Crippen LogP contribution in [-0.2, 0) is 16.1 Å². The molecular formula is C25H24FN3O3. The zero-order valence-electron chi connectivity index (χ0n) is 18.0. The first-order valence-corrected chi connectivity index (χ1v) is 10.4. The molecule has 0 aliphatic carbocycles. The minimum Gasteiger partial charge on any atom is -0.507 e. The van der Waals surface area contributed by atoms with E-state index in [-0.39, 0.29) is 11.3 Å². The molecule has 1 atom stereocenters. The number of halogens is 1. The number of nitrogens with zero attached hydrogens (tertiary/aromatic N) is 3. The van der Waals surface area contributed by atoms with Gasteiger partial charge in [0.1, 0.15) is 11.6 Å². The quantitative estimate of drug-likeness (QED) is 0.360. The number of rotatable bonds is 6. The Bertz CT molecular complexity index is 1180. The summed E-state index contributed by atoms with van der Waals surface area (Å²) in [5.74, 6) is -2.03. The van der Waals surface area contributed by atoms with Crippen molar-refractivity contribution in [2.75, 3.05) is 6.54 Å². The van der Waals surface area contributed by atoms with Crippen LogP contribution in [0.1, 0.15) is 34.7 Å². The largest absolute Gasteiger partial charge is 0.507 e. The van der Waals surface area contributed by atoms with Crippen molar-refractivity contribution >= 4 is 17.4 Å². The second-order valence-electron chi connectivity index (χ2n) is 8.02. The SMILES string of the molecule is Cc1ccc(C)c(C(O)=C2C(=O)C(=O)N(CCCn3ccnc3)C2c2ccc(F)cc2)c1. The molecule has 1 aromatic heterocycles. The number of aromatic nitrogens is 2. The maximum atomic E-state index is 13.6. The lowest BCUT2D eigenvalue weighted by Gasteiger charge is -2.25. The summed E-state index contributed by atoms with van der Waals surface area (Å²) in [5, 5.41) is 11.2. The lowest BCUT2D eigenvalue weighted by atomic mass is 9.93. The van der Waals surface area contributed by atoms with E-state index in [2.05, 4.69) is 4.98 Å². The molecular weight excluding hydrogens is 409 g/mol. The van der Waals surface area contributed by atoms with Gasteiger partial charge in [-0.3, -0.25) is 9.59 Å². The van der Waals surface area contributed by atoms with Crippen molar-refractivity contribution in [2.24, 2.45) is 0 Å². The van der Waals surface area contributed by atoms with Gasteiger partial charge in [0.15, 0.2) is 0 Å². The standard InChI is InChI=1S/C25H24FN3O3/c1-16-4-5-17(2)20(14-16)23(30)21-22(18-6-8-19(26)9-7-18)29(25(32)24(21)31)12-3-11-28-13-10-27-15-28/h4-10,13-15,22,30H,3,11-12H2,1-2H3. The maximum Gasteiger partial charge on any atom is 0.295 e. The molecule has 1 amide bonds. The zero-order chi connectivity index (χ0) is 22.8. The van der Waals surface area contributed by atoms with Gasteiger partial charge in [0.25, 0.3) is 11.7 Å². The van der Waals surface area contributed by atoms with Gasteiger partial charge in [-0.1, -0.05) is 29.8 Å². The molecule has 1 aliphatic heterocycles. The number of benzene rings is 2. The van der Waals surface area contributed by atoms with E-state index in [1.54, 1.807) is 30.7 Å². The van der Waals surface area contributed by atoms with E-state index in [0.717, 1.165) is 11.1 Å². The van der Waals surface area contributed by atoms with E-state index in [4.69, 9.17) is 0 Å². The van der Waals surface area contributed by atoms with Crippen LogP contribution < -0.4 is 0 Å². The number of Topliss-reactive ketones (excluding diaryl/α,β-unsaturated/α-hetero) is 1. The number of aliphatic hydroxyl groups is 1. The molecule has 1 N–H and O–H groups in total. The molecule has 0 radical (unpaired) electrons. The van der Waals surface area contributed by atoms with Crippen molar-refractivity contribution in [3.05, 3.63) is 94.8 Å². The van der Waals surface area contributed by atoms with Crippen LogP contribution in [-0.4, -0.2) is 37.8 Å². The van der Waals surface area contributed by atoms with Crippen molar-refractivity contribution in [1.82, 2.24) is 14.5 Å². The minimum atomic E-state index is -0.793. The summed E-state index contributed by atoms with van der Waals surface area (Å²) in [4.78, 5) is 31.5. The van der Waals surface area contributed by atoms with Crippen LogP contribution in [0.4, 0.5) is 4.39 Å². The van der Waals surface area contributed by atoms with Crippen molar-refractivity contribution in [3.8, 4) is 0 Å². The van der Waals surface area contributed by atoms with Crippen LogP contribution in [0, 0.1) is 19.7 Å². The highest BCUT2D eigenvalue weighted by Gasteiger charge is 2.45. The van der Waals surface area contributed by atoms with Crippen molar-refractivity contribution in [2.45, 2.75) is 32.9 Å². The van der Waals surface area contributed by atoms with Crippen LogP contribution in [0.25, 0.3) is 5.76 Å². The molecule has 1 aliphatic rings. The first-order chi connectivity index (χ1) is 15.4. The minimum absolute atomic E-state index is 0.0259. The predicted octanol–water partition coefficient (Wildman–Crippen LogP) is 4.15. The summed E-state index contributed by atoms with van der Waals surface area (Å²) in [5.41, 5.74) is 2.81. The lowest BCUT2D eigenvalue weighted by Crippen LogP contribution is -2.31. The number of aryl methyl sites for hydroxylation is 3. The van der Waals surface area contributed by atoms with Crippen LogP contribution in [0.3, 0.4) is 0 Å². The van der Waals surface area contributed by atoms with Gasteiger partial charge in [-0.05, 0) is 49.6 Å². The van der Waals surface area contributed by atoms with Crippen LogP contribution in [0.15, 0.2) is 66.8 Å². The number of ketones is 1. The predicted molar refractivity (Wildman–Crippen MR) is 118 cm³/mol. The van der Waals surface area contributed by atoms with Crippen molar-refractivity contribution < 1.29 is 19.1 Å². The van der Waals surface area contributed by atoms with E-state index in [9.17, 15) is 19.1 Å². The molecule has 2 aromatic carbocycles. The summed E-state index contributed by atoms with van der Waals surface area (Å²) >= 11 is 0. The lowest BCUT2D eigenvalue weighted by molar-refractivity contribution is -0.139. The number of hydrogen-bond acceptors (Lipinski definition) is 4. The van der Waals surface area contributed by atoms with Crippen LogP contribution in [0.5, 0.6) is 0 Å². The summed E-state index contributed by atoms with van der Waals surface area (Å²) in [7, 11) is 0. The highest BCUT2D eigenvalue weighted by atomic mass is 19.1. The highest BCUT2D eigenvalue weighted by molar-refractivity contribution is 6.46. The number of hydrogen-bond donors (Lipinski definition) is 1. The molecule has 0 saturated carbocycles. The Labute approximate surface area is 185 Å². The second-order valence-corrected chi connectivity index (χ2v) is 8.02. The molecule has 0 spiro atoms. The number of carbonyl (C=O) groups excluding carboxylic acids is 2. The molecule has 164 valence electrons. The number of aliphatic hydroxyl groups excluding tert-OH is 1. The van der Waals surface area contributed by atoms with Crippen molar-refractivity contribution in [3.63, 3.8) is 0 Å². The average molecular weight is 433 g/mol. The van der Waals surface area contributed by atoms with E-state index >= 15 is 0 Å². The summed E-state index contributed by atoms with van der Waals surface area (Å²) in [6, 6.07) is 10.4. The molecule has 4 rings (SSSR count). The highest BCUT2D eigenvalue weighted by Crippen LogP contribution is 2.40. The normalized spacial score (nSPS) is 17.8. The number of amides is 1. The van der Waals surface area contributed by atoms with Gasteiger partial charge < -0.3 is 14.6 Å². The Hall–Kier alpha value is -3.74. The van der Waals surface area contributed by atoms with Gasteiger partial charge >= 0.3 is 0 Å². The Balaban J connectivity index is 1.76. The van der Waals surface area contributed by atoms with Crippen LogP contribution >= 0.6 is 0 Å². The van der Waals surface area contributed by atoms with E-state index in [1.165, 1.54) is 17.0 Å². The van der Waals surface area contributed by atoms with E-state index in [1.807, 2.05) is 36.7 Å². The first kappa shape index (κ1) is 21.5. The molecule has 2 heterocycles. The van der Waals surface area contributed by atoms with E-state index < -0.39 is 23.5 Å². The summed E-state index contributed by atoms with van der Waals surface area (Å²) < 4.78 is 15.5. The number of imidazole rings is 1. The molecule has 1 saturated heterocycles. The molecule has 6 nitrogen and oxygen atoms in total. The van der Waals surface area contributed by atoms with Gasteiger partial charge in [-0.2, -0.15) is 0 Å². The fourth-order valence-electron chi connectivity index (χ4n) is 4.08. The monoisotopic (exact) mass is 433 g/mol. The first-order valence-electron chi connectivity index (χ1n) is 10.4. The Kier molecular flexibility index (Phi) is 5.90. The molecule has 3 aromatic rings. The second kappa shape index (κ2) is 8.78. The zero-order valence-corrected chi connectivity index (χ0v) is 18.0. The summed E-state index contributed by atoms with van der Waals surface area (Å²) in [6.45, 7) is 4.65. The van der Waals surface area contributed by atoms with Gasteiger partial charge in [0, 0.05) is 31.0 Å². The third-order valence-corrected chi connectivity index (χ3v) is 5.75. The average Bonchev–Trinajstić information content (AvgIpc) is 3.38. The number of likely N-dealkylation sites (tertiary alicyclic amines) is 1. The van der Waals surface area contributed by atoms with Gasteiger partial charge in [0.05, 0.1) is 17.9 Å². The molecule has 1 fully saturated rings. The van der Waals surface area contributed by atoms with Crippen molar-refractivity contribution in [1.29, 1.82) is 0 Å². The van der Waals surface area contributed by atoms with E-state index in [0.29, 0.717) is 30.6 Å². The fourth-order valence-corrected chi connectivity index (χ4v) is 4.08. The topological polar surface area (TPSA) is 75.4 Å². The van der Waals surface area contributed by atoms with Gasteiger partial charge in [-0.25, -0.2) is 9.37 Å². The van der Waals surface area contributed by atoms with Gasteiger partial charge in [0.2, 0.25) is 0 Å². The van der Waals surface area contributed by atoms with Gasteiger partial charge in [-0.15, -0.1) is 0 Å². The molecule has 32 heavy (non-hydrogen) atoms. The summed E-state index contributed by atoms with van der Waals surface area (Å²) in [6.07, 6.45) is 5.78. The maximum absolute atomic E-state index is 13.6. The Morgan fingerprint density at radius 1 is 1.09 bits per heavy atom. The molecule has 7 heteroatoms. The Morgan fingerprint density at radius 2 is 1.84 bits per heavy atom. The smallest absolute Gasteiger partial charge is 0.295 e. The third kappa shape index (κ3) is 4.06. The Morgan fingerprint density at radius 3 is 2.53 bits per heavy atom. The van der Waals surface area contributed by atoms with Crippen LogP contribution in [0.2, 0.25) is 0 Å². The third-order valence-electron chi connectivity index (χ3n) is 5.75. The molecule has 1 unspecified atom stereocenters. The number of carbonyl (C=O) groups is 2. The molecule has 0 bridgehead atoms. The fraction of sp³-hybridized carbons (Fsp3) is 0.240.